The second kappa shape index (κ2) is 8.25. The second-order valence-corrected chi connectivity index (χ2v) is 7.17. The SMILES string of the molecule is O=C1CCC(C(=O)OC(c2ccccc2)c2ccccc2)(N2OCC(CO)C2=O)O1. The van der Waals surface area contributed by atoms with E-state index in [0.29, 0.717) is 0 Å². The minimum absolute atomic E-state index is 0.0621. The molecule has 0 aromatic heterocycles. The molecule has 2 heterocycles. The summed E-state index contributed by atoms with van der Waals surface area (Å²) in [5.74, 6) is -2.99. The van der Waals surface area contributed by atoms with Crippen LogP contribution in [0.5, 0.6) is 0 Å². The number of nitrogens with zero attached hydrogens (tertiary/aromatic N) is 1. The first-order chi connectivity index (χ1) is 14.5. The molecule has 0 spiro atoms. The summed E-state index contributed by atoms with van der Waals surface area (Å²) in [6.45, 7) is -0.548. The molecule has 2 saturated heterocycles. The number of esters is 2. The van der Waals surface area contributed by atoms with Gasteiger partial charge >= 0.3 is 17.7 Å². The molecular formula is C22H21NO7. The van der Waals surface area contributed by atoms with Gasteiger partial charge < -0.3 is 14.6 Å². The van der Waals surface area contributed by atoms with Crippen molar-refractivity contribution in [3.05, 3.63) is 71.8 Å². The Hall–Kier alpha value is -3.23. The molecule has 156 valence electrons. The van der Waals surface area contributed by atoms with Crippen molar-refractivity contribution in [2.75, 3.05) is 13.2 Å². The number of aliphatic hydroxyl groups is 1. The fourth-order valence-corrected chi connectivity index (χ4v) is 3.59. The highest BCUT2D eigenvalue weighted by atomic mass is 16.8. The molecule has 8 heteroatoms. The largest absolute Gasteiger partial charge is 0.448 e. The van der Waals surface area contributed by atoms with Crippen molar-refractivity contribution < 1.29 is 33.8 Å². The number of cyclic esters (lactones) is 1. The van der Waals surface area contributed by atoms with E-state index in [9.17, 15) is 19.5 Å². The monoisotopic (exact) mass is 411 g/mol. The molecule has 0 aliphatic carbocycles. The summed E-state index contributed by atoms with van der Waals surface area (Å²) < 4.78 is 11.2. The number of carbonyl (C=O) groups is 3. The maximum Gasteiger partial charge on any atom is 0.376 e. The van der Waals surface area contributed by atoms with Gasteiger partial charge in [-0.25, -0.2) is 4.79 Å². The first kappa shape index (κ1) is 20.1. The number of rotatable bonds is 6. The molecule has 4 rings (SSSR count). The molecule has 2 unspecified atom stereocenters. The Bertz CT molecular complexity index is 894. The molecule has 2 atom stereocenters. The number of benzene rings is 2. The van der Waals surface area contributed by atoms with Gasteiger partial charge in [-0.15, -0.1) is 0 Å². The summed E-state index contributed by atoms with van der Waals surface area (Å²) in [4.78, 5) is 43.3. The normalized spacial score (nSPS) is 23.7. The van der Waals surface area contributed by atoms with E-state index in [1.54, 1.807) is 0 Å². The summed E-state index contributed by atoms with van der Waals surface area (Å²) in [5, 5.41) is 10.1. The third kappa shape index (κ3) is 3.55. The van der Waals surface area contributed by atoms with Crippen LogP contribution in [0.4, 0.5) is 0 Å². The zero-order chi connectivity index (χ0) is 21.1. The molecule has 2 aromatic carbocycles. The fraction of sp³-hybridized carbons (Fsp3) is 0.318. The number of aliphatic hydroxyl groups excluding tert-OH is 1. The van der Waals surface area contributed by atoms with E-state index in [2.05, 4.69) is 0 Å². The number of ether oxygens (including phenoxy) is 2. The quantitative estimate of drug-likeness (QED) is 0.722. The van der Waals surface area contributed by atoms with Gasteiger partial charge in [0.2, 0.25) is 0 Å². The van der Waals surface area contributed by atoms with Crippen molar-refractivity contribution in [3.8, 4) is 0 Å². The van der Waals surface area contributed by atoms with Crippen molar-refractivity contribution in [1.29, 1.82) is 0 Å². The molecule has 2 aliphatic heterocycles. The zero-order valence-corrected chi connectivity index (χ0v) is 16.1. The van der Waals surface area contributed by atoms with E-state index in [4.69, 9.17) is 14.3 Å². The highest BCUT2D eigenvalue weighted by molar-refractivity contribution is 5.92. The van der Waals surface area contributed by atoms with Gasteiger partial charge in [0.25, 0.3) is 5.91 Å². The van der Waals surface area contributed by atoms with Crippen LogP contribution in [-0.2, 0) is 28.7 Å². The van der Waals surface area contributed by atoms with Crippen LogP contribution in [0, 0.1) is 5.92 Å². The van der Waals surface area contributed by atoms with Crippen LogP contribution in [0.15, 0.2) is 60.7 Å². The predicted octanol–water partition coefficient (Wildman–Crippen LogP) is 1.73. The lowest BCUT2D eigenvalue weighted by Crippen LogP contribution is -2.56. The number of amides is 1. The topological polar surface area (TPSA) is 102 Å². The maximum absolute atomic E-state index is 13.4. The molecule has 1 amide bonds. The van der Waals surface area contributed by atoms with Crippen LogP contribution in [0.3, 0.4) is 0 Å². The minimum atomic E-state index is -2.01. The van der Waals surface area contributed by atoms with Crippen LogP contribution >= 0.6 is 0 Å². The van der Waals surface area contributed by atoms with Gasteiger partial charge in [0.15, 0.2) is 6.10 Å². The molecule has 8 nitrogen and oxygen atoms in total. The first-order valence-corrected chi connectivity index (χ1v) is 9.66. The van der Waals surface area contributed by atoms with Gasteiger partial charge in [0.1, 0.15) is 0 Å². The second-order valence-electron chi connectivity index (χ2n) is 7.17. The number of carbonyl (C=O) groups excluding carboxylic acids is 3. The Kier molecular flexibility index (Phi) is 5.52. The fourth-order valence-electron chi connectivity index (χ4n) is 3.59. The van der Waals surface area contributed by atoms with Gasteiger partial charge in [-0.2, -0.15) is 5.06 Å². The van der Waals surface area contributed by atoms with Gasteiger partial charge in [-0.1, -0.05) is 60.7 Å². The van der Waals surface area contributed by atoms with Crippen molar-refractivity contribution in [1.82, 2.24) is 5.06 Å². The van der Waals surface area contributed by atoms with E-state index in [1.807, 2.05) is 60.7 Å². The van der Waals surface area contributed by atoms with Gasteiger partial charge in [0, 0.05) is 6.42 Å². The molecular weight excluding hydrogens is 390 g/mol. The van der Waals surface area contributed by atoms with Crippen LogP contribution in [0.2, 0.25) is 0 Å². The van der Waals surface area contributed by atoms with Gasteiger partial charge in [0.05, 0.1) is 25.6 Å². The lowest BCUT2D eigenvalue weighted by atomic mass is 10.0. The standard InChI is InChI=1S/C22H21NO7/c24-13-17-14-28-23(20(17)26)22(12-11-18(25)30-22)21(27)29-19(15-7-3-1-4-8-15)16-9-5-2-6-10-16/h1-10,17,19,24H,11-14H2. The van der Waals surface area contributed by atoms with Crippen molar-refractivity contribution in [2.45, 2.75) is 24.7 Å². The number of hydrogen-bond donors (Lipinski definition) is 1. The Balaban J connectivity index is 1.67. The predicted molar refractivity (Wildman–Crippen MR) is 102 cm³/mol. The van der Waals surface area contributed by atoms with Crippen LogP contribution in [0.1, 0.15) is 30.1 Å². The van der Waals surface area contributed by atoms with E-state index in [0.717, 1.165) is 16.2 Å². The van der Waals surface area contributed by atoms with Gasteiger partial charge in [-0.3, -0.25) is 14.4 Å². The molecule has 0 saturated carbocycles. The summed E-state index contributed by atoms with van der Waals surface area (Å²) in [6.07, 6.45) is -0.930. The van der Waals surface area contributed by atoms with Crippen molar-refractivity contribution >= 4 is 17.8 Å². The van der Waals surface area contributed by atoms with Crippen molar-refractivity contribution in [2.24, 2.45) is 5.92 Å². The Morgan fingerprint density at radius 3 is 2.17 bits per heavy atom. The average Bonchev–Trinajstić information content (AvgIpc) is 3.36. The van der Waals surface area contributed by atoms with Gasteiger partial charge in [-0.05, 0) is 11.1 Å². The first-order valence-electron chi connectivity index (χ1n) is 9.66. The van der Waals surface area contributed by atoms with E-state index < -0.39 is 42.2 Å². The highest BCUT2D eigenvalue weighted by Gasteiger charge is 2.60. The zero-order valence-electron chi connectivity index (χ0n) is 16.1. The minimum Gasteiger partial charge on any atom is -0.448 e. The molecule has 1 N–H and O–H groups in total. The van der Waals surface area contributed by atoms with Crippen molar-refractivity contribution in [3.63, 3.8) is 0 Å². The summed E-state index contributed by atoms with van der Waals surface area (Å²) in [5.41, 5.74) is -0.572. The third-order valence-corrected chi connectivity index (χ3v) is 5.20. The summed E-state index contributed by atoms with van der Waals surface area (Å²) in [7, 11) is 0. The third-order valence-electron chi connectivity index (χ3n) is 5.20. The highest BCUT2D eigenvalue weighted by Crippen LogP contribution is 2.38. The lowest BCUT2D eigenvalue weighted by Gasteiger charge is -2.34. The molecule has 2 aliphatic rings. The molecule has 2 aromatic rings. The number of hydrogen-bond acceptors (Lipinski definition) is 7. The Labute approximate surface area is 172 Å². The molecule has 0 radical (unpaired) electrons. The summed E-state index contributed by atoms with van der Waals surface area (Å²) in [6, 6.07) is 18.3. The lowest BCUT2D eigenvalue weighted by molar-refractivity contribution is -0.260. The molecule has 0 bridgehead atoms. The molecule has 2 fully saturated rings. The van der Waals surface area contributed by atoms with E-state index in [1.165, 1.54) is 0 Å². The van der Waals surface area contributed by atoms with Crippen LogP contribution in [0.25, 0.3) is 0 Å². The Morgan fingerprint density at radius 2 is 1.70 bits per heavy atom. The van der Waals surface area contributed by atoms with E-state index in [-0.39, 0.29) is 19.4 Å². The molecule has 30 heavy (non-hydrogen) atoms. The van der Waals surface area contributed by atoms with E-state index >= 15 is 0 Å². The van der Waals surface area contributed by atoms with Crippen LogP contribution in [-0.4, -0.2) is 47.0 Å². The number of hydroxylamine groups is 2. The average molecular weight is 411 g/mol. The Morgan fingerprint density at radius 1 is 1.10 bits per heavy atom. The van der Waals surface area contributed by atoms with Crippen LogP contribution < -0.4 is 0 Å². The smallest absolute Gasteiger partial charge is 0.376 e. The maximum atomic E-state index is 13.4. The summed E-state index contributed by atoms with van der Waals surface area (Å²) >= 11 is 0.